The van der Waals surface area contributed by atoms with Gasteiger partial charge in [0.15, 0.2) is 0 Å². The lowest BCUT2D eigenvalue weighted by Gasteiger charge is -2.32. The summed E-state index contributed by atoms with van der Waals surface area (Å²) in [5.41, 5.74) is 0.638. The van der Waals surface area contributed by atoms with E-state index in [1.807, 2.05) is 24.6 Å². The van der Waals surface area contributed by atoms with Gasteiger partial charge in [0, 0.05) is 19.3 Å². The van der Waals surface area contributed by atoms with E-state index in [2.05, 4.69) is 10.3 Å². The highest BCUT2D eigenvalue weighted by Crippen LogP contribution is 2.27. The molecular weight excluding hydrogens is 356 g/mol. The number of nitrogens with zero attached hydrogens (tertiary/aromatic N) is 3. The topological polar surface area (TPSA) is 97.4 Å². The Morgan fingerprint density at radius 2 is 2.23 bits per heavy atom. The van der Waals surface area contributed by atoms with Crippen LogP contribution >= 0.6 is 0 Å². The summed E-state index contributed by atoms with van der Waals surface area (Å²) in [6.07, 6.45) is 4.13. The SMILES string of the molecule is CCCS(=O)(=O)N1CCn2cc(CC(=O)NCc3ccco3)nc2[C@H]1C. The number of hydrogen-bond acceptors (Lipinski definition) is 5. The predicted octanol–water partition coefficient (Wildman–Crippen LogP) is 1.45. The molecule has 8 nitrogen and oxygen atoms in total. The third-order valence-corrected chi connectivity index (χ3v) is 6.56. The lowest BCUT2D eigenvalue weighted by molar-refractivity contribution is -0.120. The Balaban J connectivity index is 1.66. The second kappa shape index (κ2) is 7.63. The molecule has 0 bridgehead atoms. The van der Waals surface area contributed by atoms with Gasteiger partial charge in [0.25, 0.3) is 0 Å². The Kier molecular flexibility index (Phi) is 5.47. The zero-order valence-electron chi connectivity index (χ0n) is 15.0. The van der Waals surface area contributed by atoms with E-state index in [1.54, 1.807) is 18.4 Å². The number of imidazole rings is 1. The van der Waals surface area contributed by atoms with E-state index in [0.717, 1.165) is 0 Å². The van der Waals surface area contributed by atoms with Crippen LogP contribution in [0.5, 0.6) is 0 Å². The monoisotopic (exact) mass is 380 g/mol. The van der Waals surface area contributed by atoms with E-state index in [1.165, 1.54) is 4.31 Å². The third kappa shape index (κ3) is 3.99. The summed E-state index contributed by atoms with van der Waals surface area (Å²) < 4.78 is 33.4. The molecule has 0 aliphatic carbocycles. The molecule has 0 fully saturated rings. The molecule has 0 radical (unpaired) electrons. The third-order valence-electron chi connectivity index (χ3n) is 4.43. The van der Waals surface area contributed by atoms with E-state index in [4.69, 9.17) is 4.42 Å². The number of furan rings is 1. The highest BCUT2D eigenvalue weighted by molar-refractivity contribution is 7.89. The van der Waals surface area contributed by atoms with Crippen LogP contribution in [0.25, 0.3) is 0 Å². The highest BCUT2D eigenvalue weighted by atomic mass is 32.2. The van der Waals surface area contributed by atoms with Crippen molar-refractivity contribution in [2.24, 2.45) is 0 Å². The maximum absolute atomic E-state index is 12.4. The van der Waals surface area contributed by atoms with Crippen molar-refractivity contribution < 1.29 is 17.6 Å². The number of carbonyl (C=O) groups excluding carboxylic acids is 1. The molecule has 142 valence electrons. The molecule has 1 aliphatic rings. The number of carbonyl (C=O) groups is 1. The van der Waals surface area contributed by atoms with Gasteiger partial charge in [0.05, 0.1) is 36.7 Å². The van der Waals surface area contributed by atoms with Gasteiger partial charge in [0.2, 0.25) is 15.9 Å². The molecule has 0 saturated heterocycles. The number of amides is 1. The van der Waals surface area contributed by atoms with Crippen molar-refractivity contribution in [3.8, 4) is 0 Å². The first-order valence-corrected chi connectivity index (χ1v) is 10.4. The van der Waals surface area contributed by atoms with Crippen molar-refractivity contribution >= 4 is 15.9 Å². The van der Waals surface area contributed by atoms with Crippen LogP contribution in [0.4, 0.5) is 0 Å². The molecule has 2 aromatic heterocycles. The van der Waals surface area contributed by atoms with Crippen LogP contribution in [-0.2, 0) is 34.3 Å². The van der Waals surface area contributed by atoms with E-state index in [9.17, 15) is 13.2 Å². The van der Waals surface area contributed by atoms with E-state index < -0.39 is 10.0 Å². The fourth-order valence-electron chi connectivity index (χ4n) is 3.19. The Hall–Kier alpha value is -2.13. The van der Waals surface area contributed by atoms with Crippen molar-refractivity contribution in [3.05, 3.63) is 41.9 Å². The number of sulfonamides is 1. The summed E-state index contributed by atoms with van der Waals surface area (Å²) in [6, 6.07) is 3.23. The van der Waals surface area contributed by atoms with Crippen molar-refractivity contribution in [2.45, 2.75) is 45.8 Å². The fourth-order valence-corrected chi connectivity index (χ4v) is 4.88. The molecule has 1 N–H and O–H groups in total. The van der Waals surface area contributed by atoms with Crippen LogP contribution in [0, 0.1) is 0 Å². The van der Waals surface area contributed by atoms with Crippen molar-refractivity contribution in [1.29, 1.82) is 0 Å². The molecule has 0 saturated carbocycles. The maximum atomic E-state index is 12.4. The summed E-state index contributed by atoms with van der Waals surface area (Å²) >= 11 is 0. The Bertz CT molecular complexity index is 857. The standard InChI is InChI=1S/C17H24N4O4S/c1-3-9-26(23,24)21-7-6-20-12-14(19-17(20)13(21)2)10-16(22)18-11-15-5-4-8-25-15/h4-5,8,12-13H,3,6-7,9-11H2,1-2H3,(H,18,22)/t13-/m1/s1. The fraction of sp³-hybridized carbons (Fsp3) is 0.529. The molecule has 26 heavy (non-hydrogen) atoms. The largest absolute Gasteiger partial charge is 0.467 e. The van der Waals surface area contributed by atoms with E-state index in [0.29, 0.717) is 43.3 Å². The zero-order chi connectivity index (χ0) is 18.7. The number of fused-ring (bicyclic) bond motifs is 1. The van der Waals surface area contributed by atoms with Gasteiger partial charge in [-0.25, -0.2) is 13.4 Å². The minimum atomic E-state index is -3.28. The quantitative estimate of drug-likeness (QED) is 0.784. The van der Waals surface area contributed by atoms with Gasteiger partial charge in [-0.1, -0.05) is 6.92 Å². The first-order valence-electron chi connectivity index (χ1n) is 8.75. The van der Waals surface area contributed by atoms with Crippen LogP contribution in [0.1, 0.15) is 43.6 Å². The lowest BCUT2D eigenvalue weighted by Crippen LogP contribution is -2.42. The smallest absolute Gasteiger partial charge is 0.226 e. The average molecular weight is 380 g/mol. The Morgan fingerprint density at radius 1 is 1.42 bits per heavy atom. The molecular formula is C17H24N4O4S. The maximum Gasteiger partial charge on any atom is 0.226 e. The van der Waals surface area contributed by atoms with E-state index in [-0.39, 0.29) is 24.1 Å². The zero-order valence-corrected chi connectivity index (χ0v) is 15.8. The molecule has 0 unspecified atom stereocenters. The van der Waals surface area contributed by atoms with Crippen LogP contribution in [-0.4, -0.2) is 40.5 Å². The van der Waals surface area contributed by atoms with Gasteiger partial charge in [-0.15, -0.1) is 0 Å². The van der Waals surface area contributed by atoms with Crippen molar-refractivity contribution in [3.63, 3.8) is 0 Å². The van der Waals surface area contributed by atoms with Crippen molar-refractivity contribution in [2.75, 3.05) is 12.3 Å². The molecule has 2 aromatic rings. The Labute approximate surface area is 153 Å². The summed E-state index contributed by atoms with van der Waals surface area (Å²) in [6.45, 7) is 5.00. The van der Waals surface area contributed by atoms with Gasteiger partial charge in [-0.3, -0.25) is 4.79 Å². The molecule has 3 rings (SSSR count). The molecule has 1 aliphatic heterocycles. The van der Waals surface area contributed by atoms with Crippen LogP contribution in [0.2, 0.25) is 0 Å². The Morgan fingerprint density at radius 3 is 2.92 bits per heavy atom. The summed E-state index contributed by atoms with van der Waals surface area (Å²) in [5, 5.41) is 2.79. The average Bonchev–Trinajstić information content (AvgIpc) is 3.22. The van der Waals surface area contributed by atoms with Crippen molar-refractivity contribution in [1.82, 2.24) is 19.2 Å². The van der Waals surface area contributed by atoms with Gasteiger partial charge in [-0.05, 0) is 25.5 Å². The molecule has 3 heterocycles. The summed E-state index contributed by atoms with van der Waals surface area (Å²) in [4.78, 5) is 16.6. The van der Waals surface area contributed by atoms with Crippen LogP contribution < -0.4 is 5.32 Å². The second-order valence-electron chi connectivity index (χ2n) is 6.42. The minimum Gasteiger partial charge on any atom is -0.467 e. The number of nitrogens with one attached hydrogen (secondary N) is 1. The number of aromatic nitrogens is 2. The first kappa shape index (κ1) is 18.7. The molecule has 1 atom stereocenters. The van der Waals surface area contributed by atoms with E-state index >= 15 is 0 Å². The lowest BCUT2D eigenvalue weighted by atomic mass is 10.2. The second-order valence-corrected chi connectivity index (χ2v) is 8.46. The number of hydrogen-bond donors (Lipinski definition) is 1. The highest BCUT2D eigenvalue weighted by Gasteiger charge is 2.33. The van der Waals surface area contributed by atoms with Gasteiger partial charge in [-0.2, -0.15) is 4.31 Å². The van der Waals surface area contributed by atoms with Gasteiger partial charge >= 0.3 is 0 Å². The molecule has 0 aromatic carbocycles. The summed E-state index contributed by atoms with van der Waals surface area (Å²) in [7, 11) is -3.28. The van der Waals surface area contributed by atoms with Crippen LogP contribution in [0.3, 0.4) is 0 Å². The van der Waals surface area contributed by atoms with Gasteiger partial charge in [0.1, 0.15) is 11.6 Å². The predicted molar refractivity (Wildman–Crippen MR) is 95.7 cm³/mol. The summed E-state index contributed by atoms with van der Waals surface area (Å²) in [5.74, 6) is 1.36. The van der Waals surface area contributed by atoms with Crippen LogP contribution in [0.15, 0.2) is 29.0 Å². The molecule has 9 heteroatoms. The number of rotatable bonds is 7. The first-order chi connectivity index (χ1) is 12.4. The van der Waals surface area contributed by atoms with Gasteiger partial charge < -0.3 is 14.3 Å². The minimum absolute atomic E-state index is 0.139. The normalized spacial score (nSPS) is 17.8. The molecule has 1 amide bonds. The molecule has 0 spiro atoms.